The molecule has 0 saturated heterocycles. The van der Waals surface area contributed by atoms with Gasteiger partial charge in [-0.2, -0.15) is 0 Å². The van der Waals surface area contributed by atoms with Crippen LogP contribution in [0.15, 0.2) is 231 Å². The van der Waals surface area contributed by atoms with Gasteiger partial charge in [-0.25, -0.2) is 9.97 Å². The zero-order chi connectivity index (χ0) is 41.5. The van der Waals surface area contributed by atoms with E-state index in [2.05, 4.69) is 240 Å². The SMILES string of the molecule is c1ccc(-c2nc(-c3cccc(-n4c5ccccc5c5cc6c7ccccc7n(-c7ccccc7)c6cc54)c3)nc3c2-c2ccccc2[Si]3(c2ccccc2)c2ccccc2)cc1. The summed E-state index contributed by atoms with van der Waals surface area (Å²) in [7, 11) is -2.93. The van der Waals surface area contributed by atoms with Crippen LogP contribution in [0.4, 0.5) is 0 Å². The summed E-state index contributed by atoms with van der Waals surface area (Å²) in [4.78, 5) is 11.4. The molecule has 1 aliphatic rings. The molecule has 1 aliphatic heterocycles. The van der Waals surface area contributed by atoms with Crippen LogP contribution >= 0.6 is 0 Å². The molecule has 0 radical (unpaired) electrons. The average molecular weight is 819 g/mol. The first-order valence-corrected chi connectivity index (χ1v) is 23.6. The van der Waals surface area contributed by atoms with Crippen LogP contribution in [0.1, 0.15) is 0 Å². The number of para-hydroxylation sites is 3. The van der Waals surface area contributed by atoms with Crippen molar-refractivity contribution in [3.05, 3.63) is 231 Å². The van der Waals surface area contributed by atoms with Gasteiger partial charge < -0.3 is 9.13 Å². The molecular weight excluding hydrogens is 781 g/mol. The van der Waals surface area contributed by atoms with Crippen molar-refractivity contribution in [1.29, 1.82) is 0 Å². The van der Waals surface area contributed by atoms with Crippen LogP contribution in [-0.2, 0) is 0 Å². The molecule has 0 amide bonds. The standard InChI is InChI=1S/C58H38N4Si/c1-5-20-39(21-6-1)56-55-47-32-15-18-35-54(47)63(43-26-9-3-10-27-43,44-28-11-4-12-29-44)58(55)60-57(59-56)40-22-19-25-42(36-40)62-51-34-17-14-31-46(51)49-37-48-45-30-13-16-33-50(45)61(52(48)38-53(49)62)41-23-7-2-8-24-41/h1-38H. The van der Waals surface area contributed by atoms with Crippen LogP contribution in [-0.4, -0.2) is 27.2 Å². The van der Waals surface area contributed by atoms with Crippen molar-refractivity contribution in [2.45, 2.75) is 0 Å². The van der Waals surface area contributed by atoms with Crippen LogP contribution in [0, 0.1) is 0 Å². The highest BCUT2D eigenvalue weighted by Crippen LogP contribution is 2.41. The van der Waals surface area contributed by atoms with E-state index >= 15 is 0 Å². The molecule has 4 nitrogen and oxygen atoms in total. The fraction of sp³-hybridized carbons (Fsp3) is 0. The van der Waals surface area contributed by atoms with Gasteiger partial charge in [0.15, 0.2) is 5.82 Å². The van der Waals surface area contributed by atoms with Gasteiger partial charge in [0.1, 0.15) is 0 Å². The third-order valence-corrected chi connectivity index (χ3v) is 17.9. The summed E-state index contributed by atoms with van der Waals surface area (Å²) in [5.41, 5.74) is 12.2. The largest absolute Gasteiger partial charge is 0.309 e. The van der Waals surface area contributed by atoms with Gasteiger partial charge in [-0.1, -0.05) is 182 Å². The van der Waals surface area contributed by atoms with E-state index in [1.807, 2.05) is 0 Å². The molecule has 3 aromatic heterocycles. The Hall–Kier alpha value is -8.12. The van der Waals surface area contributed by atoms with E-state index < -0.39 is 8.07 Å². The second kappa shape index (κ2) is 14.0. The van der Waals surface area contributed by atoms with Crippen molar-refractivity contribution in [2.75, 3.05) is 0 Å². The van der Waals surface area contributed by atoms with Crippen LogP contribution in [0.2, 0.25) is 0 Å². The highest BCUT2D eigenvalue weighted by atomic mass is 28.3. The first-order valence-electron chi connectivity index (χ1n) is 21.6. The maximum Gasteiger partial charge on any atom is 0.203 e. The van der Waals surface area contributed by atoms with E-state index in [0.29, 0.717) is 0 Å². The smallest absolute Gasteiger partial charge is 0.203 e. The lowest BCUT2D eigenvalue weighted by atomic mass is 10.0. The van der Waals surface area contributed by atoms with Crippen LogP contribution in [0.5, 0.6) is 0 Å². The molecule has 294 valence electrons. The summed E-state index contributed by atoms with van der Waals surface area (Å²) in [5, 5.41) is 10.0. The molecule has 5 heteroatoms. The number of hydrogen-bond donors (Lipinski definition) is 0. The molecule has 0 unspecified atom stereocenters. The van der Waals surface area contributed by atoms with Crippen molar-refractivity contribution in [3.8, 4) is 45.1 Å². The Bertz CT molecular complexity index is 3690. The Kier molecular flexibility index (Phi) is 7.89. The summed E-state index contributed by atoms with van der Waals surface area (Å²) in [6, 6.07) is 83.7. The zero-order valence-electron chi connectivity index (χ0n) is 34.2. The first-order chi connectivity index (χ1) is 31.3. The molecule has 4 heterocycles. The highest BCUT2D eigenvalue weighted by Gasteiger charge is 2.51. The Morgan fingerprint density at radius 1 is 0.349 bits per heavy atom. The van der Waals surface area contributed by atoms with Crippen molar-refractivity contribution in [3.63, 3.8) is 0 Å². The summed E-state index contributed by atoms with van der Waals surface area (Å²) >= 11 is 0. The van der Waals surface area contributed by atoms with Gasteiger partial charge in [0.25, 0.3) is 0 Å². The molecule has 0 aliphatic carbocycles. The van der Waals surface area contributed by atoms with Crippen LogP contribution in [0.25, 0.3) is 88.8 Å². The summed E-state index contributed by atoms with van der Waals surface area (Å²) < 4.78 is 4.83. The molecule has 12 aromatic rings. The lowest BCUT2D eigenvalue weighted by molar-refractivity contribution is 1.16. The molecule has 0 N–H and O–H groups in total. The normalized spacial score (nSPS) is 12.9. The topological polar surface area (TPSA) is 35.6 Å². The Morgan fingerprint density at radius 2 is 0.857 bits per heavy atom. The van der Waals surface area contributed by atoms with Crippen molar-refractivity contribution < 1.29 is 0 Å². The molecule has 0 atom stereocenters. The second-order valence-electron chi connectivity index (χ2n) is 16.5. The minimum Gasteiger partial charge on any atom is -0.309 e. The number of benzene rings is 9. The monoisotopic (exact) mass is 818 g/mol. The number of rotatable bonds is 6. The predicted molar refractivity (Wildman–Crippen MR) is 264 cm³/mol. The van der Waals surface area contributed by atoms with E-state index in [-0.39, 0.29) is 0 Å². The molecule has 13 rings (SSSR count). The molecule has 0 bridgehead atoms. The summed E-state index contributed by atoms with van der Waals surface area (Å²) in [6.45, 7) is 0. The minimum atomic E-state index is -2.93. The van der Waals surface area contributed by atoms with Gasteiger partial charge in [0.05, 0.1) is 33.1 Å². The minimum absolute atomic E-state index is 0.721. The Labute approximate surface area is 365 Å². The van der Waals surface area contributed by atoms with E-state index in [1.165, 1.54) is 53.7 Å². The Balaban J connectivity index is 1.09. The predicted octanol–water partition coefficient (Wildman–Crippen LogP) is 11.4. The first kappa shape index (κ1) is 35.6. The zero-order valence-corrected chi connectivity index (χ0v) is 35.2. The van der Waals surface area contributed by atoms with Crippen LogP contribution < -0.4 is 20.9 Å². The van der Waals surface area contributed by atoms with Crippen molar-refractivity contribution in [1.82, 2.24) is 19.1 Å². The van der Waals surface area contributed by atoms with Crippen molar-refractivity contribution in [2.24, 2.45) is 0 Å². The van der Waals surface area contributed by atoms with Gasteiger partial charge in [0.2, 0.25) is 8.07 Å². The fourth-order valence-electron chi connectivity index (χ4n) is 10.6. The van der Waals surface area contributed by atoms with E-state index in [1.54, 1.807) is 0 Å². The Morgan fingerprint density at radius 3 is 1.51 bits per heavy atom. The molecule has 0 saturated carbocycles. The number of aromatic nitrogens is 4. The maximum atomic E-state index is 5.83. The van der Waals surface area contributed by atoms with E-state index in [4.69, 9.17) is 9.97 Å². The third-order valence-electron chi connectivity index (χ3n) is 13.2. The lowest BCUT2D eigenvalue weighted by Crippen LogP contribution is -2.73. The number of nitrogens with zero attached hydrogens (tertiary/aromatic N) is 4. The quantitative estimate of drug-likeness (QED) is 0.157. The number of hydrogen-bond acceptors (Lipinski definition) is 2. The molecule has 0 spiro atoms. The van der Waals surface area contributed by atoms with Gasteiger partial charge in [-0.05, 0) is 69.7 Å². The van der Waals surface area contributed by atoms with E-state index in [0.717, 1.165) is 55.9 Å². The number of fused-ring (bicyclic) bond motifs is 9. The molecule has 63 heavy (non-hydrogen) atoms. The maximum absolute atomic E-state index is 5.83. The third kappa shape index (κ3) is 5.21. The second-order valence-corrected chi connectivity index (χ2v) is 20.2. The van der Waals surface area contributed by atoms with Crippen LogP contribution in [0.3, 0.4) is 0 Å². The van der Waals surface area contributed by atoms with Gasteiger partial charge >= 0.3 is 0 Å². The van der Waals surface area contributed by atoms with E-state index in [9.17, 15) is 0 Å². The molecule has 0 fully saturated rings. The molecular formula is C58H38N4Si. The molecule has 9 aromatic carbocycles. The van der Waals surface area contributed by atoms with Gasteiger partial charge in [-0.3, -0.25) is 0 Å². The lowest BCUT2D eigenvalue weighted by Gasteiger charge is -2.30. The van der Waals surface area contributed by atoms with Gasteiger partial charge in [0, 0.05) is 49.6 Å². The summed E-state index contributed by atoms with van der Waals surface area (Å²) in [6.07, 6.45) is 0. The van der Waals surface area contributed by atoms with Crippen molar-refractivity contribution >= 4 is 72.6 Å². The average Bonchev–Trinajstić information content (AvgIpc) is 3.98. The highest BCUT2D eigenvalue weighted by molar-refractivity contribution is 7.21. The van der Waals surface area contributed by atoms with Gasteiger partial charge in [-0.15, -0.1) is 0 Å². The fourth-order valence-corrected chi connectivity index (χ4v) is 15.6. The summed E-state index contributed by atoms with van der Waals surface area (Å²) in [5.74, 6) is 0.721.